The van der Waals surface area contributed by atoms with Crippen molar-refractivity contribution in [2.45, 2.75) is 0 Å². The molecule has 0 spiro atoms. The standard InChI is InChI=1S/C5H6N4O2/c6-4(10)3-1-9(2-8-3)5(7)11/h1-2H,(H2,6,10)(H2,7,11). The molecule has 0 aliphatic heterocycles. The molecule has 0 unspecified atom stereocenters. The fourth-order valence-electron chi connectivity index (χ4n) is 0.571. The number of nitrogens with two attached hydrogens (primary N) is 2. The number of hydrogen-bond donors (Lipinski definition) is 2. The van der Waals surface area contributed by atoms with E-state index in [2.05, 4.69) is 4.98 Å². The molecule has 11 heavy (non-hydrogen) atoms. The number of amides is 2. The summed E-state index contributed by atoms with van der Waals surface area (Å²) < 4.78 is 0.972. The van der Waals surface area contributed by atoms with Crippen molar-refractivity contribution in [3.8, 4) is 0 Å². The first kappa shape index (κ1) is 7.26. The van der Waals surface area contributed by atoms with Crippen LogP contribution in [0.15, 0.2) is 12.5 Å². The second kappa shape index (κ2) is 2.41. The normalized spacial score (nSPS) is 9.45. The first-order chi connectivity index (χ1) is 5.11. The molecule has 2 amide bonds. The molecule has 1 rings (SSSR count). The molecule has 58 valence electrons. The number of carbonyl (C=O) groups excluding carboxylic acids is 2. The zero-order valence-electron chi connectivity index (χ0n) is 5.52. The van der Waals surface area contributed by atoms with Gasteiger partial charge in [-0.2, -0.15) is 0 Å². The highest BCUT2D eigenvalue weighted by Crippen LogP contribution is 1.92. The van der Waals surface area contributed by atoms with Crippen LogP contribution in [0.25, 0.3) is 0 Å². The van der Waals surface area contributed by atoms with E-state index in [-0.39, 0.29) is 5.69 Å². The smallest absolute Gasteiger partial charge is 0.324 e. The Morgan fingerprint density at radius 3 is 2.36 bits per heavy atom. The van der Waals surface area contributed by atoms with E-state index in [1.54, 1.807) is 0 Å². The minimum absolute atomic E-state index is 0.0174. The first-order valence-corrected chi connectivity index (χ1v) is 2.75. The Balaban J connectivity index is 2.99. The highest BCUT2D eigenvalue weighted by Gasteiger charge is 2.05. The van der Waals surface area contributed by atoms with Gasteiger partial charge < -0.3 is 11.5 Å². The molecule has 0 aromatic carbocycles. The first-order valence-electron chi connectivity index (χ1n) is 2.75. The monoisotopic (exact) mass is 154 g/mol. The molecule has 0 radical (unpaired) electrons. The van der Waals surface area contributed by atoms with Crippen molar-refractivity contribution in [1.82, 2.24) is 9.55 Å². The average Bonchev–Trinajstić information content (AvgIpc) is 2.33. The number of aromatic nitrogens is 2. The van der Waals surface area contributed by atoms with Crippen molar-refractivity contribution in [3.05, 3.63) is 18.2 Å². The summed E-state index contributed by atoms with van der Waals surface area (Å²) in [5.74, 6) is -0.690. The molecule has 0 aliphatic rings. The van der Waals surface area contributed by atoms with Gasteiger partial charge in [0.1, 0.15) is 12.0 Å². The lowest BCUT2D eigenvalue weighted by Crippen LogP contribution is -2.18. The topological polar surface area (TPSA) is 104 Å². The van der Waals surface area contributed by atoms with Crippen molar-refractivity contribution >= 4 is 11.9 Å². The van der Waals surface area contributed by atoms with Gasteiger partial charge in [0.25, 0.3) is 5.91 Å². The summed E-state index contributed by atoms with van der Waals surface area (Å²) in [5.41, 5.74) is 9.74. The van der Waals surface area contributed by atoms with Gasteiger partial charge >= 0.3 is 6.03 Å². The maximum Gasteiger partial charge on any atom is 0.324 e. The number of hydrogen-bond acceptors (Lipinski definition) is 3. The molecule has 1 aromatic rings. The highest BCUT2D eigenvalue weighted by molar-refractivity contribution is 5.91. The maximum atomic E-state index is 10.4. The molecule has 0 saturated heterocycles. The van der Waals surface area contributed by atoms with Gasteiger partial charge in [-0.15, -0.1) is 0 Å². The molecule has 0 saturated carbocycles. The molecule has 1 aromatic heterocycles. The zero-order valence-corrected chi connectivity index (χ0v) is 5.52. The Hall–Kier alpha value is -1.85. The van der Waals surface area contributed by atoms with Crippen LogP contribution in [0.4, 0.5) is 4.79 Å². The van der Waals surface area contributed by atoms with E-state index >= 15 is 0 Å². The van der Waals surface area contributed by atoms with Crippen molar-refractivity contribution < 1.29 is 9.59 Å². The van der Waals surface area contributed by atoms with E-state index in [9.17, 15) is 9.59 Å². The van der Waals surface area contributed by atoms with E-state index < -0.39 is 11.9 Å². The van der Waals surface area contributed by atoms with Crippen LogP contribution in [0.2, 0.25) is 0 Å². The Morgan fingerprint density at radius 1 is 1.45 bits per heavy atom. The summed E-state index contributed by atoms with van der Waals surface area (Å²) in [6.07, 6.45) is 2.30. The Morgan fingerprint density at radius 2 is 2.09 bits per heavy atom. The number of carbonyl (C=O) groups is 2. The maximum absolute atomic E-state index is 10.4. The van der Waals surface area contributed by atoms with E-state index in [4.69, 9.17) is 11.5 Å². The third kappa shape index (κ3) is 1.34. The van der Waals surface area contributed by atoms with Crippen LogP contribution in [0.3, 0.4) is 0 Å². The summed E-state index contributed by atoms with van der Waals surface area (Å²) in [5, 5.41) is 0. The number of primary amides is 2. The number of rotatable bonds is 1. The summed E-state index contributed by atoms with van der Waals surface area (Å²) >= 11 is 0. The summed E-state index contributed by atoms with van der Waals surface area (Å²) in [7, 11) is 0. The zero-order chi connectivity index (χ0) is 8.43. The molecule has 6 nitrogen and oxygen atoms in total. The highest BCUT2D eigenvalue weighted by atomic mass is 16.2. The molecule has 6 heteroatoms. The minimum atomic E-state index is -0.704. The summed E-state index contributed by atoms with van der Waals surface area (Å²) in [6.45, 7) is 0. The lowest BCUT2D eigenvalue weighted by Gasteiger charge is -1.88. The lowest BCUT2D eigenvalue weighted by molar-refractivity contribution is 0.0996. The van der Waals surface area contributed by atoms with E-state index in [1.165, 1.54) is 6.20 Å². The van der Waals surface area contributed by atoms with Crippen LogP contribution in [-0.4, -0.2) is 21.5 Å². The van der Waals surface area contributed by atoms with Gasteiger partial charge in [0.15, 0.2) is 0 Å². The van der Waals surface area contributed by atoms with Crippen LogP contribution < -0.4 is 11.5 Å². The second-order valence-electron chi connectivity index (χ2n) is 1.87. The van der Waals surface area contributed by atoms with Gasteiger partial charge in [0.05, 0.1) is 0 Å². The number of nitrogens with zero attached hydrogens (tertiary/aromatic N) is 2. The third-order valence-corrected chi connectivity index (χ3v) is 1.09. The van der Waals surface area contributed by atoms with E-state index in [1.807, 2.05) is 0 Å². The second-order valence-corrected chi connectivity index (χ2v) is 1.87. The van der Waals surface area contributed by atoms with Crippen molar-refractivity contribution in [2.24, 2.45) is 11.5 Å². The van der Waals surface area contributed by atoms with Gasteiger partial charge in [0.2, 0.25) is 0 Å². The van der Waals surface area contributed by atoms with Crippen LogP contribution in [0, 0.1) is 0 Å². The quantitative estimate of drug-likeness (QED) is 0.536. The SMILES string of the molecule is NC(=O)c1cn(C(N)=O)cn1. The largest absolute Gasteiger partial charge is 0.364 e. The Kier molecular flexibility index (Phi) is 1.59. The van der Waals surface area contributed by atoms with Crippen molar-refractivity contribution in [3.63, 3.8) is 0 Å². The van der Waals surface area contributed by atoms with Crippen molar-refractivity contribution in [1.29, 1.82) is 0 Å². The third-order valence-electron chi connectivity index (χ3n) is 1.09. The predicted molar refractivity (Wildman–Crippen MR) is 35.7 cm³/mol. The van der Waals surface area contributed by atoms with Gasteiger partial charge in [-0.1, -0.05) is 0 Å². The molecule has 1 heterocycles. The Bertz CT molecular complexity index is 275. The predicted octanol–water partition coefficient (Wildman–Crippen LogP) is -1.09. The van der Waals surface area contributed by atoms with E-state index in [0.29, 0.717) is 0 Å². The molecule has 0 bridgehead atoms. The fraction of sp³-hybridized carbons (Fsp3) is 0. The molecule has 0 atom stereocenters. The minimum Gasteiger partial charge on any atom is -0.364 e. The molecule has 4 N–H and O–H groups in total. The van der Waals surface area contributed by atoms with Gasteiger partial charge in [-0.25, -0.2) is 9.78 Å². The van der Waals surface area contributed by atoms with Gasteiger partial charge in [0, 0.05) is 6.20 Å². The summed E-state index contributed by atoms with van der Waals surface area (Å²) in [4.78, 5) is 24.4. The average molecular weight is 154 g/mol. The van der Waals surface area contributed by atoms with Crippen LogP contribution >= 0.6 is 0 Å². The summed E-state index contributed by atoms with van der Waals surface area (Å²) in [6, 6.07) is -0.704. The van der Waals surface area contributed by atoms with Crippen LogP contribution in [0.5, 0.6) is 0 Å². The van der Waals surface area contributed by atoms with Crippen LogP contribution in [-0.2, 0) is 0 Å². The van der Waals surface area contributed by atoms with Crippen LogP contribution in [0.1, 0.15) is 10.5 Å². The molecular formula is C5H6N4O2. The fourth-order valence-corrected chi connectivity index (χ4v) is 0.571. The molecule has 0 fully saturated rings. The van der Waals surface area contributed by atoms with E-state index in [0.717, 1.165) is 10.9 Å². The van der Waals surface area contributed by atoms with Gasteiger partial charge in [-0.05, 0) is 0 Å². The van der Waals surface area contributed by atoms with Crippen molar-refractivity contribution in [2.75, 3.05) is 0 Å². The van der Waals surface area contributed by atoms with Gasteiger partial charge in [-0.3, -0.25) is 9.36 Å². The molecular weight excluding hydrogens is 148 g/mol. The number of imidazole rings is 1. The Labute approximate surface area is 61.8 Å². The lowest BCUT2D eigenvalue weighted by atomic mass is 10.5. The molecule has 0 aliphatic carbocycles.